The van der Waals surface area contributed by atoms with E-state index in [1.165, 1.54) is 6.92 Å². The number of carbonyl (C=O) groups is 2. The molecule has 1 aromatic carbocycles. The Labute approximate surface area is 152 Å². The molecule has 144 valence electrons. The molecule has 0 aliphatic carbocycles. The molecule has 1 heterocycles. The fourth-order valence-electron chi connectivity index (χ4n) is 3.40. The first-order valence-corrected chi connectivity index (χ1v) is 8.92. The van der Waals surface area contributed by atoms with E-state index in [2.05, 4.69) is 0 Å². The molecule has 1 aliphatic rings. The molecule has 2 rings (SSSR count). The van der Waals surface area contributed by atoms with Gasteiger partial charge in [-0.3, -0.25) is 9.59 Å². The van der Waals surface area contributed by atoms with Gasteiger partial charge in [-0.1, -0.05) is 37.6 Å². The summed E-state index contributed by atoms with van der Waals surface area (Å²) in [7, 11) is 0. The minimum absolute atomic E-state index is 0.0727. The van der Waals surface area contributed by atoms with Gasteiger partial charge in [0.15, 0.2) is 0 Å². The van der Waals surface area contributed by atoms with Crippen molar-refractivity contribution in [3.8, 4) is 0 Å². The predicted octanol–water partition coefficient (Wildman–Crippen LogP) is 3.71. The SMILES string of the molecule is CCCCN(CC(F)(F)F)C(=O)CC1c2ccccc2CCN1C(C)=O. The highest BCUT2D eigenvalue weighted by molar-refractivity contribution is 5.80. The van der Waals surface area contributed by atoms with Gasteiger partial charge < -0.3 is 9.80 Å². The topological polar surface area (TPSA) is 40.6 Å². The van der Waals surface area contributed by atoms with Crippen LogP contribution in [0.1, 0.15) is 50.3 Å². The number of fused-ring (bicyclic) bond motifs is 1. The molecule has 0 spiro atoms. The number of hydrogen-bond donors (Lipinski definition) is 0. The molecule has 0 aromatic heterocycles. The zero-order valence-corrected chi connectivity index (χ0v) is 15.2. The van der Waals surface area contributed by atoms with E-state index in [-0.39, 0.29) is 18.9 Å². The van der Waals surface area contributed by atoms with Crippen LogP contribution in [0, 0.1) is 0 Å². The van der Waals surface area contributed by atoms with E-state index in [1.807, 2.05) is 31.2 Å². The van der Waals surface area contributed by atoms with Gasteiger partial charge in [0.05, 0.1) is 12.5 Å². The Morgan fingerprint density at radius 3 is 2.58 bits per heavy atom. The monoisotopic (exact) mass is 370 g/mol. The van der Waals surface area contributed by atoms with E-state index >= 15 is 0 Å². The molecule has 1 aliphatic heterocycles. The molecule has 0 saturated carbocycles. The van der Waals surface area contributed by atoms with Crippen LogP contribution in [0.4, 0.5) is 13.2 Å². The second-order valence-corrected chi connectivity index (χ2v) is 6.67. The smallest absolute Gasteiger partial charge is 0.335 e. The Balaban J connectivity index is 2.23. The molecule has 1 aromatic rings. The van der Waals surface area contributed by atoms with Crippen molar-refractivity contribution in [1.29, 1.82) is 0 Å². The van der Waals surface area contributed by atoms with Gasteiger partial charge in [-0.05, 0) is 24.0 Å². The lowest BCUT2D eigenvalue weighted by Crippen LogP contribution is -2.44. The molecule has 0 radical (unpaired) electrons. The molecule has 4 nitrogen and oxygen atoms in total. The van der Waals surface area contributed by atoms with Crippen LogP contribution in [-0.4, -0.2) is 47.4 Å². The maximum Gasteiger partial charge on any atom is 0.406 e. The van der Waals surface area contributed by atoms with Crippen molar-refractivity contribution >= 4 is 11.8 Å². The highest BCUT2D eigenvalue weighted by Gasteiger charge is 2.36. The fraction of sp³-hybridized carbons (Fsp3) is 0.579. The number of hydrogen-bond acceptors (Lipinski definition) is 2. The highest BCUT2D eigenvalue weighted by atomic mass is 19.4. The van der Waals surface area contributed by atoms with Crippen LogP contribution in [0.15, 0.2) is 24.3 Å². The van der Waals surface area contributed by atoms with E-state index in [0.29, 0.717) is 25.8 Å². The lowest BCUT2D eigenvalue weighted by atomic mass is 9.90. The third kappa shape index (κ3) is 5.22. The van der Waals surface area contributed by atoms with Crippen molar-refractivity contribution < 1.29 is 22.8 Å². The van der Waals surface area contributed by atoms with E-state index < -0.39 is 24.7 Å². The van der Waals surface area contributed by atoms with E-state index in [0.717, 1.165) is 16.0 Å². The molecular formula is C19H25F3N2O2. The Kier molecular flexibility index (Phi) is 6.67. The molecular weight excluding hydrogens is 345 g/mol. The van der Waals surface area contributed by atoms with Crippen LogP contribution in [0.5, 0.6) is 0 Å². The summed E-state index contributed by atoms with van der Waals surface area (Å²) in [5.74, 6) is -0.739. The molecule has 0 N–H and O–H groups in total. The average Bonchev–Trinajstić information content (AvgIpc) is 2.57. The van der Waals surface area contributed by atoms with E-state index in [4.69, 9.17) is 0 Å². The quantitative estimate of drug-likeness (QED) is 0.766. The van der Waals surface area contributed by atoms with E-state index in [1.54, 1.807) is 4.90 Å². The number of nitrogens with zero attached hydrogens (tertiary/aromatic N) is 2. The third-order valence-corrected chi connectivity index (χ3v) is 4.69. The lowest BCUT2D eigenvalue weighted by molar-refractivity contribution is -0.162. The van der Waals surface area contributed by atoms with E-state index in [9.17, 15) is 22.8 Å². The fourth-order valence-corrected chi connectivity index (χ4v) is 3.40. The van der Waals surface area contributed by atoms with Gasteiger partial charge in [0.1, 0.15) is 6.54 Å². The standard InChI is InChI=1S/C19H25F3N2O2/c1-3-4-10-23(13-19(20,21)22)18(26)12-17-16-8-6-5-7-15(16)9-11-24(17)14(2)25/h5-8,17H,3-4,9-13H2,1-2H3. The lowest BCUT2D eigenvalue weighted by Gasteiger charge is -2.37. The second-order valence-electron chi connectivity index (χ2n) is 6.67. The molecule has 2 amide bonds. The number of rotatable bonds is 6. The summed E-state index contributed by atoms with van der Waals surface area (Å²) < 4.78 is 38.6. The summed E-state index contributed by atoms with van der Waals surface area (Å²) in [6.45, 7) is 2.59. The number of benzene rings is 1. The normalized spacial score (nSPS) is 17.0. The Morgan fingerprint density at radius 2 is 1.96 bits per heavy atom. The zero-order chi connectivity index (χ0) is 19.3. The summed E-state index contributed by atoms with van der Waals surface area (Å²) in [6.07, 6.45) is -2.67. The largest absolute Gasteiger partial charge is 0.406 e. The van der Waals surface area contributed by atoms with Crippen LogP contribution in [0.2, 0.25) is 0 Å². The minimum atomic E-state index is -4.44. The van der Waals surface area contributed by atoms with Crippen molar-refractivity contribution in [2.45, 2.75) is 51.7 Å². The van der Waals surface area contributed by atoms with Crippen molar-refractivity contribution in [3.05, 3.63) is 35.4 Å². The van der Waals surface area contributed by atoms with Crippen LogP contribution in [0.3, 0.4) is 0 Å². The zero-order valence-electron chi connectivity index (χ0n) is 15.2. The molecule has 26 heavy (non-hydrogen) atoms. The molecule has 7 heteroatoms. The summed E-state index contributed by atoms with van der Waals surface area (Å²) in [6, 6.07) is 6.99. The van der Waals surface area contributed by atoms with Gasteiger partial charge >= 0.3 is 6.18 Å². The van der Waals surface area contributed by atoms with Crippen LogP contribution >= 0.6 is 0 Å². The van der Waals surface area contributed by atoms with Gasteiger partial charge in [0.25, 0.3) is 0 Å². The number of halogens is 3. The Hall–Kier alpha value is -2.05. The van der Waals surface area contributed by atoms with Crippen molar-refractivity contribution in [2.24, 2.45) is 0 Å². The first kappa shape index (κ1) is 20.3. The summed E-state index contributed by atoms with van der Waals surface area (Å²) in [4.78, 5) is 27.1. The number of alkyl halides is 3. The molecule has 0 fully saturated rings. The van der Waals surface area contributed by atoms with Gasteiger partial charge in [-0.2, -0.15) is 13.2 Å². The third-order valence-electron chi connectivity index (χ3n) is 4.69. The molecule has 1 unspecified atom stereocenters. The maximum absolute atomic E-state index is 12.9. The Morgan fingerprint density at radius 1 is 1.27 bits per heavy atom. The number of carbonyl (C=O) groups excluding carboxylic acids is 2. The van der Waals surface area contributed by atoms with Gasteiger partial charge in [-0.25, -0.2) is 0 Å². The maximum atomic E-state index is 12.9. The van der Waals surface area contributed by atoms with Crippen molar-refractivity contribution in [3.63, 3.8) is 0 Å². The van der Waals surface area contributed by atoms with Crippen LogP contribution in [-0.2, 0) is 16.0 Å². The highest BCUT2D eigenvalue weighted by Crippen LogP contribution is 2.33. The van der Waals surface area contributed by atoms with Crippen LogP contribution in [0.25, 0.3) is 0 Å². The predicted molar refractivity (Wildman–Crippen MR) is 92.4 cm³/mol. The van der Waals surface area contributed by atoms with Crippen molar-refractivity contribution in [1.82, 2.24) is 9.80 Å². The number of unbranched alkanes of at least 4 members (excludes halogenated alkanes) is 1. The van der Waals surface area contributed by atoms with Gasteiger partial charge in [0.2, 0.25) is 11.8 Å². The van der Waals surface area contributed by atoms with Gasteiger partial charge in [-0.15, -0.1) is 0 Å². The summed E-state index contributed by atoms with van der Waals surface area (Å²) in [5.41, 5.74) is 1.89. The molecule has 1 atom stereocenters. The summed E-state index contributed by atoms with van der Waals surface area (Å²) >= 11 is 0. The van der Waals surface area contributed by atoms with Crippen LogP contribution < -0.4 is 0 Å². The number of amides is 2. The minimum Gasteiger partial charge on any atom is -0.335 e. The van der Waals surface area contributed by atoms with Crippen molar-refractivity contribution in [2.75, 3.05) is 19.6 Å². The van der Waals surface area contributed by atoms with Gasteiger partial charge in [0, 0.05) is 20.0 Å². The molecule has 0 saturated heterocycles. The second kappa shape index (κ2) is 8.56. The first-order chi connectivity index (χ1) is 12.2. The summed E-state index contributed by atoms with van der Waals surface area (Å²) in [5, 5.41) is 0. The average molecular weight is 370 g/mol. The Bertz CT molecular complexity index is 646. The first-order valence-electron chi connectivity index (χ1n) is 8.92. The molecule has 0 bridgehead atoms.